The fourth-order valence-electron chi connectivity index (χ4n) is 3.03. The van der Waals surface area contributed by atoms with Crippen LogP contribution in [0, 0.1) is 17.0 Å². The van der Waals surface area contributed by atoms with Crippen LogP contribution in [0.2, 0.25) is 0 Å². The number of nitrogens with one attached hydrogen (secondary N) is 1. The first-order valence-electron chi connectivity index (χ1n) is 9.24. The number of carbonyl (C=O) groups is 1. The molecule has 0 saturated carbocycles. The van der Waals surface area contributed by atoms with Gasteiger partial charge >= 0.3 is 6.03 Å². The Morgan fingerprint density at radius 3 is 2.54 bits per heavy atom. The van der Waals surface area contributed by atoms with Gasteiger partial charge < -0.3 is 15.1 Å². The minimum Gasteiger partial charge on any atom is -0.353 e. The third-order valence-corrected chi connectivity index (χ3v) is 4.57. The van der Waals surface area contributed by atoms with Gasteiger partial charge in [-0.15, -0.1) is 0 Å². The number of aromatic nitrogens is 2. The van der Waals surface area contributed by atoms with Crippen LogP contribution < -0.4 is 10.2 Å². The van der Waals surface area contributed by atoms with Crippen molar-refractivity contribution in [1.29, 1.82) is 0 Å². The highest BCUT2D eigenvalue weighted by atomic mass is 16.6. The largest absolute Gasteiger partial charge is 0.353 e. The molecule has 0 radical (unpaired) electrons. The van der Waals surface area contributed by atoms with Crippen LogP contribution in [0.3, 0.4) is 0 Å². The summed E-state index contributed by atoms with van der Waals surface area (Å²) in [4.78, 5) is 35.9. The molecule has 1 aliphatic heterocycles. The lowest BCUT2D eigenvalue weighted by atomic mass is 10.2. The zero-order valence-corrected chi connectivity index (χ0v) is 16.3. The third-order valence-electron chi connectivity index (χ3n) is 4.57. The number of piperazine rings is 1. The molecule has 0 aliphatic carbocycles. The summed E-state index contributed by atoms with van der Waals surface area (Å²) in [5, 5.41) is 13.6. The number of nitro benzene ring substituents is 1. The zero-order chi connectivity index (χ0) is 20.3. The Kier molecular flexibility index (Phi) is 5.72. The Morgan fingerprint density at radius 2 is 1.89 bits per heavy atom. The molecule has 9 heteroatoms. The summed E-state index contributed by atoms with van der Waals surface area (Å²) < 4.78 is 0. The summed E-state index contributed by atoms with van der Waals surface area (Å²) in [5.41, 5.74) is 1.29. The smallest absolute Gasteiger partial charge is 0.321 e. The first-order valence-corrected chi connectivity index (χ1v) is 9.24. The molecule has 9 nitrogen and oxygen atoms in total. The molecule has 0 unspecified atom stereocenters. The lowest BCUT2D eigenvalue weighted by molar-refractivity contribution is -0.384. The number of hydrogen-bond donors (Lipinski definition) is 1. The number of rotatable bonds is 4. The van der Waals surface area contributed by atoms with E-state index in [-0.39, 0.29) is 17.6 Å². The Morgan fingerprint density at radius 1 is 1.18 bits per heavy atom. The second-order valence-electron chi connectivity index (χ2n) is 7.09. The lowest BCUT2D eigenvalue weighted by Gasteiger charge is -2.35. The molecule has 2 amide bonds. The van der Waals surface area contributed by atoms with Crippen LogP contribution in [-0.2, 0) is 0 Å². The van der Waals surface area contributed by atoms with Crippen LogP contribution in [0.5, 0.6) is 0 Å². The van der Waals surface area contributed by atoms with E-state index in [2.05, 4.69) is 34.0 Å². The van der Waals surface area contributed by atoms with Gasteiger partial charge in [0.2, 0.25) is 0 Å². The quantitative estimate of drug-likeness (QED) is 0.641. The monoisotopic (exact) mass is 384 g/mol. The fraction of sp³-hybridized carbons (Fsp3) is 0.421. The third kappa shape index (κ3) is 4.54. The highest BCUT2D eigenvalue weighted by molar-refractivity contribution is 5.89. The average molecular weight is 384 g/mol. The van der Waals surface area contributed by atoms with Gasteiger partial charge in [-0.3, -0.25) is 10.1 Å². The van der Waals surface area contributed by atoms with E-state index < -0.39 is 4.92 Å². The van der Waals surface area contributed by atoms with Gasteiger partial charge in [-0.1, -0.05) is 19.9 Å². The minimum atomic E-state index is -0.483. The van der Waals surface area contributed by atoms with Crippen LogP contribution in [0.1, 0.15) is 31.3 Å². The first kappa shape index (κ1) is 19.5. The summed E-state index contributed by atoms with van der Waals surface area (Å²) >= 11 is 0. The van der Waals surface area contributed by atoms with Crippen molar-refractivity contribution < 1.29 is 9.72 Å². The molecule has 1 saturated heterocycles. The molecule has 0 spiro atoms. The van der Waals surface area contributed by atoms with Crippen molar-refractivity contribution in [2.24, 2.45) is 0 Å². The Balaban J connectivity index is 1.61. The Hall–Kier alpha value is -3.23. The van der Waals surface area contributed by atoms with E-state index in [1.54, 1.807) is 17.0 Å². The average Bonchev–Trinajstić information content (AvgIpc) is 2.67. The number of carbonyl (C=O) groups excluding carboxylic acids is 1. The lowest BCUT2D eigenvalue weighted by Crippen LogP contribution is -2.50. The highest BCUT2D eigenvalue weighted by Gasteiger charge is 2.23. The maximum atomic E-state index is 12.5. The number of nitrogens with zero attached hydrogens (tertiary/aromatic N) is 5. The van der Waals surface area contributed by atoms with Gasteiger partial charge in [-0.05, 0) is 13.0 Å². The van der Waals surface area contributed by atoms with Crippen molar-refractivity contribution in [3.63, 3.8) is 0 Å². The van der Waals surface area contributed by atoms with E-state index in [0.29, 0.717) is 31.9 Å². The van der Waals surface area contributed by atoms with Crippen molar-refractivity contribution in [2.75, 3.05) is 36.4 Å². The molecule has 1 aromatic heterocycles. The van der Waals surface area contributed by atoms with Gasteiger partial charge in [0, 0.05) is 61.7 Å². The van der Waals surface area contributed by atoms with Crippen molar-refractivity contribution in [1.82, 2.24) is 14.9 Å². The molecule has 0 bridgehead atoms. The van der Waals surface area contributed by atoms with Gasteiger partial charge in [0.05, 0.1) is 4.92 Å². The normalized spacial score (nSPS) is 14.3. The van der Waals surface area contributed by atoms with Gasteiger partial charge in [0.1, 0.15) is 11.6 Å². The fourth-order valence-corrected chi connectivity index (χ4v) is 3.03. The molecular formula is C19H24N6O3. The molecule has 1 N–H and O–H groups in total. The zero-order valence-electron chi connectivity index (χ0n) is 16.3. The summed E-state index contributed by atoms with van der Waals surface area (Å²) in [7, 11) is 0. The number of urea groups is 1. The van der Waals surface area contributed by atoms with E-state index in [1.807, 2.05) is 13.0 Å². The number of aryl methyl sites for hydroxylation is 1. The second kappa shape index (κ2) is 8.20. The molecule has 1 aliphatic rings. The van der Waals surface area contributed by atoms with Crippen molar-refractivity contribution in [2.45, 2.75) is 26.7 Å². The van der Waals surface area contributed by atoms with Crippen molar-refractivity contribution in [3.8, 4) is 0 Å². The summed E-state index contributed by atoms with van der Waals surface area (Å²) in [6, 6.07) is 7.63. The molecule has 2 heterocycles. The number of amides is 2. The minimum absolute atomic E-state index is 0.0530. The van der Waals surface area contributed by atoms with E-state index in [0.717, 1.165) is 17.3 Å². The van der Waals surface area contributed by atoms with Crippen LogP contribution in [0.4, 0.5) is 22.0 Å². The van der Waals surface area contributed by atoms with Crippen LogP contribution in [0.25, 0.3) is 0 Å². The molecule has 148 valence electrons. The van der Waals surface area contributed by atoms with E-state index in [1.165, 1.54) is 12.1 Å². The van der Waals surface area contributed by atoms with Gasteiger partial charge in [-0.2, -0.15) is 0 Å². The van der Waals surface area contributed by atoms with Gasteiger partial charge in [0.15, 0.2) is 0 Å². The maximum Gasteiger partial charge on any atom is 0.321 e. The topological polar surface area (TPSA) is 104 Å². The standard InChI is InChI=1S/C19H24N6O3/c1-13(2)18-20-14(3)11-17(22-18)23-7-9-24(10-8-23)19(26)21-15-5-4-6-16(12-15)25(27)28/h4-6,11-13H,7-10H2,1-3H3,(H,21,26). The number of hydrogen-bond acceptors (Lipinski definition) is 6. The molecule has 0 atom stereocenters. The van der Waals surface area contributed by atoms with Crippen molar-refractivity contribution in [3.05, 3.63) is 52.0 Å². The highest BCUT2D eigenvalue weighted by Crippen LogP contribution is 2.20. The van der Waals surface area contributed by atoms with Crippen LogP contribution >= 0.6 is 0 Å². The SMILES string of the molecule is Cc1cc(N2CCN(C(=O)Nc3cccc([N+](=O)[O-])c3)CC2)nc(C(C)C)n1. The maximum absolute atomic E-state index is 12.5. The molecule has 3 rings (SSSR count). The summed E-state index contributed by atoms with van der Waals surface area (Å²) in [6.45, 7) is 8.50. The number of benzene rings is 1. The summed E-state index contributed by atoms with van der Waals surface area (Å²) in [6.07, 6.45) is 0. The van der Waals surface area contributed by atoms with Gasteiger partial charge in [0.25, 0.3) is 5.69 Å². The predicted molar refractivity (Wildman–Crippen MR) is 107 cm³/mol. The number of nitro groups is 1. The molecular weight excluding hydrogens is 360 g/mol. The Bertz CT molecular complexity index is 878. The summed E-state index contributed by atoms with van der Waals surface area (Å²) in [5.74, 6) is 1.96. The van der Waals surface area contributed by atoms with Gasteiger partial charge in [-0.25, -0.2) is 14.8 Å². The molecule has 28 heavy (non-hydrogen) atoms. The first-order chi connectivity index (χ1) is 13.3. The predicted octanol–water partition coefficient (Wildman–Crippen LogP) is 3.17. The van der Waals surface area contributed by atoms with E-state index in [4.69, 9.17) is 0 Å². The van der Waals surface area contributed by atoms with Crippen molar-refractivity contribution >= 4 is 23.2 Å². The van der Waals surface area contributed by atoms with E-state index in [9.17, 15) is 14.9 Å². The van der Waals surface area contributed by atoms with Crippen LogP contribution in [-0.4, -0.2) is 52.0 Å². The van der Waals surface area contributed by atoms with E-state index >= 15 is 0 Å². The number of anilines is 2. The Labute approximate surface area is 163 Å². The number of non-ortho nitro benzene ring substituents is 1. The molecule has 1 fully saturated rings. The molecule has 2 aromatic rings. The second-order valence-corrected chi connectivity index (χ2v) is 7.09. The molecule has 1 aromatic carbocycles. The van der Waals surface area contributed by atoms with Crippen LogP contribution in [0.15, 0.2) is 30.3 Å².